The maximum absolute atomic E-state index is 14.0. The van der Waals surface area contributed by atoms with Gasteiger partial charge in [0.05, 0.1) is 40.7 Å². The zero-order valence-corrected chi connectivity index (χ0v) is 35.2. The molecule has 7 rings (SSSR count). The lowest BCUT2D eigenvalue weighted by atomic mass is 9.92. The monoisotopic (exact) mass is 836 g/mol. The molecule has 0 radical (unpaired) electrons. The highest BCUT2D eigenvalue weighted by Crippen LogP contribution is 2.34. The Morgan fingerprint density at radius 2 is 1.77 bits per heavy atom. The number of nitriles is 1. The number of benzene rings is 2. The topological polar surface area (TPSA) is 162 Å². The lowest BCUT2D eigenvalue weighted by molar-refractivity contribution is -0.120. The first-order valence-corrected chi connectivity index (χ1v) is 21.4. The highest BCUT2D eigenvalue weighted by molar-refractivity contribution is 6.31. The Kier molecular flexibility index (Phi) is 13.6. The number of hydrogen-bond donors (Lipinski definition) is 2. The van der Waals surface area contributed by atoms with Crippen molar-refractivity contribution in [1.29, 1.82) is 5.26 Å². The van der Waals surface area contributed by atoms with Crippen LogP contribution in [-0.4, -0.2) is 101 Å². The van der Waals surface area contributed by atoms with E-state index in [-0.39, 0.29) is 54.9 Å². The molecule has 5 amide bonds. The van der Waals surface area contributed by atoms with Gasteiger partial charge in [-0.15, -0.1) is 0 Å². The quantitative estimate of drug-likeness (QED) is 0.126. The molecular weight excluding hydrogens is 784 g/mol. The molecule has 0 atom stereocenters. The van der Waals surface area contributed by atoms with Crippen LogP contribution in [0.5, 0.6) is 11.5 Å². The van der Waals surface area contributed by atoms with Crippen LogP contribution in [-0.2, 0) is 4.79 Å². The van der Waals surface area contributed by atoms with Crippen molar-refractivity contribution in [2.75, 3.05) is 44.7 Å². The highest BCUT2D eigenvalue weighted by Gasteiger charge is 2.30. The fraction of sp³-hybridized carbons (Fsp3) is 0.467. The van der Waals surface area contributed by atoms with Crippen LogP contribution < -0.4 is 25.0 Å². The maximum Gasteiger partial charge on any atom is 0.328 e. The Labute approximate surface area is 355 Å². The molecule has 2 aromatic heterocycles. The van der Waals surface area contributed by atoms with E-state index in [1.807, 2.05) is 30.3 Å². The first-order valence-electron chi connectivity index (χ1n) is 21.0. The highest BCUT2D eigenvalue weighted by atomic mass is 35.5. The minimum absolute atomic E-state index is 0.0227. The van der Waals surface area contributed by atoms with Gasteiger partial charge in [-0.3, -0.25) is 24.6 Å². The van der Waals surface area contributed by atoms with E-state index >= 15 is 0 Å². The van der Waals surface area contributed by atoms with Crippen LogP contribution in [0.1, 0.15) is 104 Å². The number of piperidine rings is 1. The Morgan fingerprint density at radius 3 is 2.45 bits per heavy atom. The average molecular weight is 837 g/mol. The van der Waals surface area contributed by atoms with Crippen LogP contribution in [0.2, 0.25) is 5.02 Å². The van der Waals surface area contributed by atoms with Gasteiger partial charge in [0.25, 0.3) is 11.8 Å². The molecule has 0 spiro atoms. The molecule has 15 heteroatoms. The number of likely N-dealkylation sites (tertiary alicyclic amines) is 1. The number of ether oxygens (including phenoxy) is 2. The van der Waals surface area contributed by atoms with Crippen molar-refractivity contribution >= 4 is 51.9 Å². The van der Waals surface area contributed by atoms with E-state index in [4.69, 9.17) is 26.3 Å². The lowest BCUT2D eigenvalue weighted by Gasteiger charge is -2.37. The van der Waals surface area contributed by atoms with Crippen LogP contribution >= 0.6 is 11.6 Å². The summed E-state index contributed by atoms with van der Waals surface area (Å²) in [5.74, 6) is 0.675. The molecule has 2 N–H and O–H groups in total. The standard InChI is InChI=1S/C45H53ClN8O6/c1-29(2)53-21-16-37-40(53)24-31(25-41(37)54-22-17-42(55)50-45(54)58)44(57)51(3)33-14-19-52(20-15-33)18-4-5-23-59-36-12-13-39(48-28-36)43(56)49-32-7-10-34(11-8-32)60-35-9-6-30(27-47)38(46)26-35/h6,9,12-13,16,21,24-26,28-29,32-34H,4-5,7-8,10-11,14-15,17-20,22-23H2,1-3H3,(H,49,56)(H,50,55,58)/t32-,34-. The van der Waals surface area contributed by atoms with Gasteiger partial charge in [-0.05, 0) is 114 Å². The molecule has 4 aromatic rings. The smallest absolute Gasteiger partial charge is 0.328 e. The average Bonchev–Trinajstić information content (AvgIpc) is 3.69. The second kappa shape index (κ2) is 19.2. The molecule has 3 aliphatic rings. The van der Waals surface area contributed by atoms with Crippen molar-refractivity contribution in [1.82, 2.24) is 30.0 Å². The number of aromatic nitrogens is 2. The number of nitrogens with zero attached hydrogens (tertiary/aromatic N) is 6. The molecule has 0 bridgehead atoms. The lowest BCUT2D eigenvalue weighted by Crippen LogP contribution is -2.49. The molecule has 3 fully saturated rings. The number of carbonyl (C=O) groups is 4. The number of rotatable bonds is 14. The van der Waals surface area contributed by atoms with Crippen LogP contribution in [0, 0.1) is 11.3 Å². The number of pyridine rings is 1. The second-order valence-electron chi connectivity index (χ2n) is 16.2. The van der Waals surface area contributed by atoms with Crippen molar-refractivity contribution in [3.05, 3.63) is 82.8 Å². The number of fused-ring (bicyclic) bond motifs is 1. The van der Waals surface area contributed by atoms with Gasteiger partial charge in [-0.1, -0.05) is 11.6 Å². The minimum atomic E-state index is -0.471. The van der Waals surface area contributed by atoms with Crippen LogP contribution in [0.15, 0.2) is 60.9 Å². The molecule has 2 saturated heterocycles. The summed E-state index contributed by atoms with van der Waals surface area (Å²) >= 11 is 6.14. The number of imide groups is 1. The minimum Gasteiger partial charge on any atom is -0.492 e. The Bertz CT molecular complexity index is 2240. The molecular formula is C45H53ClN8O6. The fourth-order valence-corrected chi connectivity index (χ4v) is 8.61. The van der Waals surface area contributed by atoms with E-state index in [2.05, 4.69) is 45.0 Å². The van der Waals surface area contributed by atoms with E-state index in [1.165, 1.54) is 0 Å². The van der Waals surface area contributed by atoms with Crippen LogP contribution in [0.3, 0.4) is 0 Å². The number of unbranched alkanes of at least 4 members (excludes halogenated alkanes) is 1. The van der Waals surface area contributed by atoms with Crippen molar-refractivity contribution in [3.63, 3.8) is 0 Å². The van der Waals surface area contributed by atoms with Crippen molar-refractivity contribution in [2.24, 2.45) is 0 Å². The largest absolute Gasteiger partial charge is 0.492 e. The van der Waals surface area contributed by atoms with E-state index in [0.717, 1.165) is 81.9 Å². The summed E-state index contributed by atoms with van der Waals surface area (Å²) in [7, 11) is 1.87. The van der Waals surface area contributed by atoms with Gasteiger partial charge < -0.3 is 29.2 Å². The molecule has 4 heterocycles. The van der Waals surface area contributed by atoms with Crippen molar-refractivity contribution in [3.8, 4) is 17.6 Å². The fourth-order valence-electron chi connectivity index (χ4n) is 8.40. The summed E-state index contributed by atoms with van der Waals surface area (Å²) in [4.78, 5) is 61.8. The number of amides is 5. The number of anilines is 1. The zero-order chi connectivity index (χ0) is 42.3. The van der Waals surface area contributed by atoms with E-state index in [9.17, 15) is 19.2 Å². The van der Waals surface area contributed by atoms with Crippen molar-refractivity contribution in [2.45, 2.75) is 95.9 Å². The molecule has 60 heavy (non-hydrogen) atoms. The van der Waals surface area contributed by atoms with Gasteiger partial charge in [0.1, 0.15) is 23.3 Å². The van der Waals surface area contributed by atoms with Gasteiger partial charge in [0, 0.05) is 74.4 Å². The Morgan fingerprint density at radius 1 is 1.00 bits per heavy atom. The van der Waals surface area contributed by atoms with E-state index in [1.54, 1.807) is 47.5 Å². The van der Waals surface area contributed by atoms with Gasteiger partial charge >= 0.3 is 6.03 Å². The molecule has 316 valence electrons. The number of nitrogens with one attached hydrogen (secondary N) is 2. The predicted molar refractivity (Wildman–Crippen MR) is 229 cm³/mol. The van der Waals surface area contributed by atoms with Crippen molar-refractivity contribution < 1.29 is 28.7 Å². The first kappa shape index (κ1) is 42.5. The third kappa shape index (κ3) is 10.0. The summed E-state index contributed by atoms with van der Waals surface area (Å²) in [6.45, 7) is 7.69. The predicted octanol–water partition coefficient (Wildman–Crippen LogP) is 7.10. The normalized spacial score (nSPS) is 18.9. The summed E-state index contributed by atoms with van der Waals surface area (Å²) in [6, 6.07) is 16.1. The summed E-state index contributed by atoms with van der Waals surface area (Å²) in [5.41, 5.74) is 2.80. The summed E-state index contributed by atoms with van der Waals surface area (Å²) in [6.07, 6.45) is 10.5. The van der Waals surface area contributed by atoms with Crippen LogP contribution in [0.25, 0.3) is 10.9 Å². The first-order chi connectivity index (χ1) is 29.0. The summed E-state index contributed by atoms with van der Waals surface area (Å²) in [5, 5.41) is 15.8. The van der Waals surface area contributed by atoms with Gasteiger partial charge in [-0.2, -0.15) is 5.26 Å². The van der Waals surface area contributed by atoms with Gasteiger partial charge in [-0.25, -0.2) is 9.78 Å². The third-order valence-corrected chi connectivity index (χ3v) is 12.2. The molecule has 2 aliphatic heterocycles. The SMILES string of the molecule is CC(C)n1ccc2c(N3CCC(=O)NC3=O)cc(C(=O)N(C)C3CCN(CCCCOc4ccc(C(=O)N[C@H]5CC[C@H](Oc6ccc(C#N)c(Cl)c6)CC5)nc4)CC3)cc21. The van der Waals surface area contributed by atoms with Crippen LogP contribution in [0.4, 0.5) is 10.5 Å². The zero-order valence-electron chi connectivity index (χ0n) is 34.5. The number of hydrogen-bond acceptors (Lipinski definition) is 9. The molecule has 1 aliphatic carbocycles. The molecule has 0 unspecified atom stereocenters. The number of urea groups is 1. The molecule has 14 nitrogen and oxygen atoms in total. The van der Waals surface area contributed by atoms with Gasteiger partial charge in [0.2, 0.25) is 5.91 Å². The van der Waals surface area contributed by atoms with Gasteiger partial charge in [0.15, 0.2) is 0 Å². The summed E-state index contributed by atoms with van der Waals surface area (Å²) < 4.78 is 14.1. The molecule has 2 aromatic carbocycles. The third-order valence-electron chi connectivity index (χ3n) is 11.9. The maximum atomic E-state index is 14.0. The van der Waals surface area contributed by atoms with E-state index in [0.29, 0.717) is 45.6 Å². The number of carbonyl (C=O) groups excluding carboxylic acids is 4. The number of halogens is 1. The van der Waals surface area contributed by atoms with E-state index < -0.39 is 6.03 Å². The Balaban J connectivity index is 0.811. The molecule has 1 saturated carbocycles. The Hall–Kier alpha value is -5.65. The second-order valence-corrected chi connectivity index (χ2v) is 16.6.